The number of hydrogen-bond acceptors (Lipinski definition) is 4. The van der Waals surface area contributed by atoms with Crippen LogP contribution in [-0.2, 0) is 4.79 Å². The molecule has 2 N–H and O–H groups in total. The number of nitrogens with zero attached hydrogens (tertiary/aromatic N) is 1. The number of amides is 2. The van der Waals surface area contributed by atoms with Gasteiger partial charge in [-0.3, -0.25) is 14.6 Å². The zero-order chi connectivity index (χ0) is 17.5. The van der Waals surface area contributed by atoms with Crippen molar-refractivity contribution < 1.29 is 14.0 Å². The molecule has 1 aliphatic carbocycles. The van der Waals surface area contributed by atoms with Crippen molar-refractivity contribution in [3.05, 3.63) is 59.9 Å². The molecule has 25 heavy (non-hydrogen) atoms. The highest BCUT2D eigenvalue weighted by atomic mass is 16.3. The molecule has 2 heterocycles. The maximum absolute atomic E-state index is 12.7. The van der Waals surface area contributed by atoms with Gasteiger partial charge in [-0.1, -0.05) is 25.3 Å². The average molecular weight is 339 g/mol. The van der Waals surface area contributed by atoms with E-state index in [4.69, 9.17) is 4.42 Å². The van der Waals surface area contributed by atoms with Gasteiger partial charge in [0.25, 0.3) is 11.8 Å². The average Bonchev–Trinajstić information content (AvgIpc) is 3.18. The van der Waals surface area contributed by atoms with E-state index < -0.39 is 5.91 Å². The van der Waals surface area contributed by atoms with E-state index in [1.807, 2.05) is 6.07 Å². The van der Waals surface area contributed by atoms with Crippen LogP contribution in [0.5, 0.6) is 0 Å². The molecule has 2 aromatic rings. The molecule has 1 aliphatic rings. The van der Waals surface area contributed by atoms with E-state index in [9.17, 15) is 9.59 Å². The lowest BCUT2D eigenvalue weighted by molar-refractivity contribution is -0.118. The third-order valence-corrected chi connectivity index (χ3v) is 4.17. The van der Waals surface area contributed by atoms with Gasteiger partial charge in [0, 0.05) is 18.4 Å². The van der Waals surface area contributed by atoms with Crippen molar-refractivity contribution in [2.45, 2.75) is 38.1 Å². The number of carbonyl (C=O) groups is 2. The summed E-state index contributed by atoms with van der Waals surface area (Å²) in [5, 5.41) is 5.66. The minimum atomic E-state index is -0.459. The number of nitrogens with one attached hydrogen (secondary N) is 2. The molecule has 0 saturated heterocycles. The predicted octanol–water partition coefficient (Wildman–Crippen LogP) is 2.89. The molecule has 0 radical (unpaired) electrons. The molecule has 0 spiro atoms. The second-order valence-electron chi connectivity index (χ2n) is 6.08. The molecule has 6 heteroatoms. The van der Waals surface area contributed by atoms with Crippen molar-refractivity contribution in [3.63, 3.8) is 0 Å². The van der Waals surface area contributed by atoms with Gasteiger partial charge in [-0.25, -0.2) is 0 Å². The first-order valence-corrected chi connectivity index (χ1v) is 8.50. The SMILES string of the molecule is O=C(NC1CCCCC1)C(=Cc1cccnc1)NC(=O)c1ccco1. The topological polar surface area (TPSA) is 84.2 Å². The van der Waals surface area contributed by atoms with Gasteiger partial charge >= 0.3 is 0 Å². The van der Waals surface area contributed by atoms with Gasteiger partial charge < -0.3 is 15.1 Å². The predicted molar refractivity (Wildman–Crippen MR) is 93.4 cm³/mol. The van der Waals surface area contributed by atoms with Crippen molar-refractivity contribution >= 4 is 17.9 Å². The number of carbonyl (C=O) groups excluding carboxylic acids is 2. The second kappa shape index (κ2) is 8.28. The van der Waals surface area contributed by atoms with Crippen LogP contribution in [0.4, 0.5) is 0 Å². The molecule has 1 fully saturated rings. The standard InChI is InChI=1S/C19H21N3O3/c23-18(21-15-7-2-1-3-8-15)16(12-14-6-4-10-20-13-14)22-19(24)17-9-5-11-25-17/h4-6,9-13,15H,1-3,7-8H2,(H,21,23)(H,22,24). The van der Waals surface area contributed by atoms with Gasteiger partial charge in [0.15, 0.2) is 5.76 Å². The van der Waals surface area contributed by atoms with Crippen molar-refractivity contribution in [2.24, 2.45) is 0 Å². The summed E-state index contributed by atoms with van der Waals surface area (Å²) in [5.74, 6) is -0.600. The van der Waals surface area contributed by atoms with Crippen LogP contribution in [0.15, 0.2) is 53.0 Å². The fraction of sp³-hybridized carbons (Fsp3) is 0.316. The van der Waals surface area contributed by atoms with E-state index >= 15 is 0 Å². The van der Waals surface area contributed by atoms with E-state index in [1.54, 1.807) is 36.7 Å². The molecule has 3 rings (SSSR count). The summed E-state index contributed by atoms with van der Waals surface area (Å²) in [6, 6.07) is 6.92. The Morgan fingerprint density at radius 3 is 2.68 bits per heavy atom. The fourth-order valence-electron chi connectivity index (χ4n) is 2.89. The molecule has 2 amide bonds. The molecular formula is C19H21N3O3. The third kappa shape index (κ3) is 4.79. The van der Waals surface area contributed by atoms with Crippen molar-refractivity contribution in [3.8, 4) is 0 Å². The molecule has 0 aliphatic heterocycles. The lowest BCUT2D eigenvalue weighted by Gasteiger charge is -2.23. The highest BCUT2D eigenvalue weighted by Crippen LogP contribution is 2.18. The maximum Gasteiger partial charge on any atom is 0.291 e. The van der Waals surface area contributed by atoms with Crippen LogP contribution in [-0.4, -0.2) is 22.8 Å². The fourth-order valence-corrected chi connectivity index (χ4v) is 2.89. The summed E-state index contributed by atoms with van der Waals surface area (Å²) >= 11 is 0. The van der Waals surface area contributed by atoms with E-state index in [0.717, 1.165) is 31.2 Å². The normalized spacial score (nSPS) is 15.6. The molecule has 130 valence electrons. The zero-order valence-corrected chi connectivity index (χ0v) is 13.9. The summed E-state index contributed by atoms with van der Waals surface area (Å²) in [7, 11) is 0. The summed E-state index contributed by atoms with van der Waals surface area (Å²) < 4.78 is 5.09. The minimum absolute atomic E-state index is 0.152. The van der Waals surface area contributed by atoms with Crippen LogP contribution in [0.3, 0.4) is 0 Å². The molecule has 6 nitrogen and oxygen atoms in total. The number of hydrogen-bond donors (Lipinski definition) is 2. The summed E-state index contributed by atoms with van der Waals surface area (Å²) in [6.45, 7) is 0. The number of rotatable bonds is 5. The highest BCUT2D eigenvalue weighted by Gasteiger charge is 2.20. The van der Waals surface area contributed by atoms with Crippen molar-refractivity contribution in [1.82, 2.24) is 15.6 Å². The van der Waals surface area contributed by atoms with Gasteiger partial charge in [-0.2, -0.15) is 0 Å². The highest BCUT2D eigenvalue weighted by molar-refractivity contribution is 6.04. The van der Waals surface area contributed by atoms with Crippen LogP contribution in [0.25, 0.3) is 6.08 Å². The maximum atomic E-state index is 12.7. The van der Waals surface area contributed by atoms with Gasteiger partial charge in [0.1, 0.15) is 5.70 Å². The Kier molecular flexibility index (Phi) is 5.61. The van der Waals surface area contributed by atoms with E-state index in [0.29, 0.717) is 0 Å². The lowest BCUT2D eigenvalue weighted by Crippen LogP contribution is -2.41. The first-order chi connectivity index (χ1) is 12.2. The minimum Gasteiger partial charge on any atom is -0.459 e. The van der Waals surface area contributed by atoms with E-state index in [-0.39, 0.29) is 23.4 Å². The van der Waals surface area contributed by atoms with Crippen LogP contribution in [0.2, 0.25) is 0 Å². The molecule has 0 atom stereocenters. The van der Waals surface area contributed by atoms with Crippen LogP contribution >= 0.6 is 0 Å². The van der Waals surface area contributed by atoms with Crippen LogP contribution in [0, 0.1) is 0 Å². The molecule has 0 bridgehead atoms. The van der Waals surface area contributed by atoms with Gasteiger partial charge in [-0.05, 0) is 42.7 Å². The van der Waals surface area contributed by atoms with Crippen molar-refractivity contribution in [1.29, 1.82) is 0 Å². The van der Waals surface area contributed by atoms with Gasteiger partial charge in [0.05, 0.1) is 6.26 Å². The van der Waals surface area contributed by atoms with Gasteiger partial charge in [0.2, 0.25) is 0 Å². The number of furan rings is 1. The molecule has 1 saturated carbocycles. The Bertz CT molecular complexity index is 733. The van der Waals surface area contributed by atoms with Crippen LogP contribution in [0.1, 0.15) is 48.2 Å². The summed E-state index contributed by atoms with van der Waals surface area (Å²) in [5.41, 5.74) is 0.913. The van der Waals surface area contributed by atoms with Gasteiger partial charge in [-0.15, -0.1) is 0 Å². The van der Waals surface area contributed by atoms with E-state index in [1.165, 1.54) is 12.7 Å². The monoisotopic (exact) mass is 339 g/mol. The first kappa shape index (κ1) is 17.0. The smallest absolute Gasteiger partial charge is 0.291 e. The quantitative estimate of drug-likeness (QED) is 0.820. The lowest BCUT2D eigenvalue weighted by atomic mass is 9.95. The Labute approximate surface area is 146 Å². The summed E-state index contributed by atoms with van der Waals surface area (Å²) in [6.07, 6.45) is 11.7. The molecule has 2 aromatic heterocycles. The van der Waals surface area contributed by atoms with Crippen molar-refractivity contribution in [2.75, 3.05) is 0 Å². The Morgan fingerprint density at radius 2 is 2.00 bits per heavy atom. The molecule has 0 aromatic carbocycles. The largest absolute Gasteiger partial charge is 0.459 e. The second-order valence-corrected chi connectivity index (χ2v) is 6.08. The molecule has 0 unspecified atom stereocenters. The van der Waals surface area contributed by atoms with Crippen LogP contribution < -0.4 is 10.6 Å². The Hall–Kier alpha value is -2.89. The Morgan fingerprint density at radius 1 is 1.16 bits per heavy atom. The zero-order valence-electron chi connectivity index (χ0n) is 13.9. The first-order valence-electron chi connectivity index (χ1n) is 8.50. The number of pyridine rings is 1. The molecular weight excluding hydrogens is 318 g/mol. The third-order valence-electron chi connectivity index (χ3n) is 4.17. The summed E-state index contributed by atoms with van der Waals surface area (Å²) in [4.78, 5) is 29.0. The van der Waals surface area contributed by atoms with E-state index in [2.05, 4.69) is 15.6 Å². The number of aromatic nitrogens is 1. The Balaban J connectivity index is 1.77.